The molecule has 0 saturated heterocycles. The molecule has 0 bridgehead atoms. The van der Waals surface area contributed by atoms with E-state index < -0.39 is 5.41 Å². The Morgan fingerprint density at radius 2 is 0.736 bits per heavy atom. The van der Waals surface area contributed by atoms with Gasteiger partial charge in [-0.3, -0.25) is 0 Å². The molecule has 0 aliphatic heterocycles. The molecule has 1 spiro atoms. The molecule has 1 unspecified atom stereocenters. The normalized spacial score (nSPS) is 15.2. The van der Waals surface area contributed by atoms with Crippen molar-refractivity contribution in [3.8, 4) is 44.5 Å². The maximum Gasteiger partial charge on any atom is 0.0725 e. The van der Waals surface area contributed by atoms with Crippen molar-refractivity contribution in [1.82, 2.24) is 0 Å². The second-order valence-corrected chi connectivity index (χ2v) is 14.7. The lowest BCUT2D eigenvalue weighted by Gasteiger charge is -2.40. The first kappa shape index (κ1) is 28.9. The monoisotopic (exact) mass is 668 g/mol. The first-order chi connectivity index (χ1) is 26.3. The number of benzene rings is 10. The lowest BCUT2D eigenvalue weighted by atomic mass is 9.61. The van der Waals surface area contributed by atoms with E-state index in [0.717, 1.165) is 0 Å². The first-order valence-electron chi connectivity index (χ1n) is 18.6. The minimum Gasteiger partial charge on any atom is -0.0622 e. The molecule has 244 valence electrons. The van der Waals surface area contributed by atoms with Gasteiger partial charge in [0.2, 0.25) is 0 Å². The summed E-state index contributed by atoms with van der Waals surface area (Å²) in [6.45, 7) is 0. The maximum absolute atomic E-state index is 2.49. The van der Waals surface area contributed by atoms with Crippen molar-refractivity contribution in [2.24, 2.45) is 0 Å². The third-order valence-corrected chi connectivity index (χ3v) is 12.3. The smallest absolute Gasteiger partial charge is 0.0622 e. The predicted molar refractivity (Wildman–Crippen MR) is 224 cm³/mol. The van der Waals surface area contributed by atoms with Gasteiger partial charge in [0.15, 0.2) is 0 Å². The molecule has 10 aromatic carbocycles. The standard InChI is InChI=1S/C53H32/c1-2-14-33(15-3-1)43-31-45-39-21-7-5-19-37(39)44(32-46(45)38-20-6-4-18-36(38)43)35-28-29-50-47(30-35)41-23-9-11-26-49(41)53(50)48-25-10-8-22-40(48)42-24-12-16-34-17-13-27-51(53)52(34)42/h1-32H. The quantitative estimate of drug-likeness (QED) is 0.161. The zero-order valence-electron chi connectivity index (χ0n) is 29.0. The number of hydrogen-bond acceptors (Lipinski definition) is 0. The van der Waals surface area contributed by atoms with E-state index in [1.807, 2.05) is 0 Å². The lowest BCUT2D eigenvalue weighted by Crippen LogP contribution is -2.31. The van der Waals surface area contributed by atoms with Gasteiger partial charge in [-0.15, -0.1) is 0 Å². The highest BCUT2D eigenvalue weighted by molar-refractivity contribution is 6.24. The Morgan fingerprint density at radius 1 is 0.245 bits per heavy atom. The Balaban J connectivity index is 1.16. The second kappa shape index (κ2) is 10.6. The molecule has 2 aliphatic carbocycles. The molecule has 0 fully saturated rings. The van der Waals surface area contributed by atoms with Crippen molar-refractivity contribution >= 4 is 43.1 Å². The fourth-order valence-corrected chi connectivity index (χ4v) is 10.1. The van der Waals surface area contributed by atoms with E-state index in [2.05, 4.69) is 194 Å². The average molecular weight is 669 g/mol. The predicted octanol–water partition coefficient (Wildman–Crippen LogP) is 14.0. The zero-order chi connectivity index (χ0) is 34.7. The molecule has 0 nitrogen and oxygen atoms in total. The van der Waals surface area contributed by atoms with E-state index in [0.29, 0.717) is 0 Å². The fraction of sp³-hybridized carbons (Fsp3) is 0.0189. The first-order valence-corrected chi connectivity index (χ1v) is 18.6. The molecule has 12 rings (SSSR count). The highest BCUT2D eigenvalue weighted by Gasteiger charge is 2.50. The van der Waals surface area contributed by atoms with Crippen LogP contribution in [0.15, 0.2) is 194 Å². The lowest BCUT2D eigenvalue weighted by molar-refractivity contribution is 0.773. The maximum atomic E-state index is 2.49. The Hall–Kier alpha value is -6.76. The number of hydrogen-bond donors (Lipinski definition) is 0. The Labute approximate surface area is 308 Å². The molecular weight excluding hydrogens is 637 g/mol. The van der Waals surface area contributed by atoms with E-state index in [1.54, 1.807) is 0 Å². The third kappa shape index (κ3) is 3.75. The Morgan fingerprint density at radius 3 is 1.42 bits per heavy atom. The molecule has 0 aromatic heterocycles. The summed E-state index contributed by atoms with van der Waals surface area (Å²) in [4.78, 5) is 0. The molecule has 0 radical (unpaired) electrons. The van der Waals surface area contributed by atoms with Gasteiger partial charge in [-0.05, 0) is 128 Å². The van der Waals surface area contributed by atoms with Crippen molar-refractivity contribution in [3.63, 3.8) is 0 Å². The van der Waals surface area contributed by atoms with Crippen LogP contribution >= 0.6 is 0 Å². The Kier molecular flexibility index (Phi) is 5.80. The van der Waals surface area contributed by atoms with Gasteiger partial charge in [-0.2, -0.15) is 0 Å². The van der Waals surface area contributed by atoms with Crippen molar-refractivity contribution in [2.75, 3.05) is 0 Å². The summed E-state index contributed by atoms with van der Waals surface area (Å²) in [6, 6.07) is 72.9. The van der Waals surface area contributed by atoms with E-state index in [9.17, 15) is 0 Å². The van der Waals surface area contributed by atoms with Crippen LogP contribution in [0.25, 0.3) is 87.6 Å². The van der Waals surface area contributed by atoms with E-state index in [-0.39, 0.29) is 0 Å². The molecular formula is C53H32. The summed E-state index contributed by atoms with van der Waals surface area (Å²) in [7, 11) is 0. The fourth-order valence-electron chi connectivity index (χ4n) is 10.1. The van der Waals surface area contributed by atoms with Gasteiger partial charge in [0.25, 0.3) is 0 Å². The molecule has 0 heterocycles. The van der Waals surface area contributed by atoms with Crippen LogP contribution in [0.2, 0.25) is 0 Å². The summed E-state index contributed by atoms with van der Waals surface area (Å²) < 4.78 is 0. The molecule has 0 saturated carbocycles. The zero-order valence-corrected chi connectivity index (χ0v) is 29.0. The van der Waals surface area contributed by atoms with Crippen molar-refractivity contribution in [1.29, 1.82) is 0 Å². The van der Waals surface area contributed by atoms with Crippen LogP contribution in [0.1, 0.15) is 22.3 Å². The number of rotatable bonds is 2. The van der Waals surface area contributed by atoms with Gasteiger partial charge >= 0.3 is 0 Å². The van der Waals surface area contributed by atoms with Crippen molar-refractivity contribution in [3.05, 3.63) is 216 Å². The van der Waals surface area contributed by atoms with Gasteiger partial charge in [0.1, 0.15) is 0 Å². The van der Waals surface area contributed by atoms with Crippen molar-refractivity contribution < 1.29 is 0 Å². The molecule has 0 amide bonds. The summed E-state index contributed by atoms with van der Waals surface area (Å²) in [5.41, 5.74) is 15.4. The van der Waals surface area contributed by atoms with Gasteiger partial charge in [0.05, 0.1) is 5.41 Å². The van der Waals surface area contributed by atoms with E-state index in [1.165, 1.54) is 110 Å². The third-order valence-electron chi connectivity index (χ3n) is 12.3. The van der Waals surface area contributed by atoms with Crippen LogP contribution in [-0.2, 0) is 5.41 Å². The molecule has 0 heteroatoms. The van der Waals surface area contributed by atoms with Crippen LogP contribution in [0.4, 0.5) is 0 Å². The summed E-state index contributed by atoms with van der Waals surface area (Å²) >= 11 is 0. The van der Waals surface area contributed by atoms with Crippen LogP contribution in [-0.4, -0.2) is 0 Å². The van der Waals surface area contributed by atoms with Crippen molar-refractivity contribution in [2.45, 2.75) is 5.41 Å². The molecule has 53 heavy (non-hydrogen) atoms. The van der Waals surface area contributed by atoms with E-state index in [4.69, 9.17) is 0 Å². The summed E-state index contributed by atoms with van der Waals surface area (Å²) in [5, 5.41) is 10.4. The molecule has 0 N–H and O–H groups in total. The minimum absolute atomic E-state index is 0.412. The molecule has 2 aliphatic rings. The van der Waals surface area contributed by atoms with Gasteiger partial charge < -0.3 is 0 Å². The highest BCUT2D eigenvalue weighted by atomic mass is 14.5. The largest absolute Gasteiger partial charge is 0.0725 e. The molecule has 1 atom stereocenters. The summed E-state index contributed by atoms with van der Waals surface area (Å²) in [5.74, 6) is 0. The Bertz CT molecular complexity index is 3160. The highest BCUT2D eigenvalue weighted by Crippen LogP contribution is 2.62. The van der Waals surface area contributed by atoms with Crippen LogP contribution in [0, 0.1) is 0 Å². The topological polar surface area (TPSA) is 0 Å². The van der Waals surface area contributed by atoms with Gasteiger partial charge in [0, 0.05) is 0 Å². The van der Waals surface area contributed by atoms with E-state index >= 15 is 0 Å². The van der Waals surface area contributed by atoms with Crippen LogP contribution in [0.3, 0.4) is 0 Å². The van der Waals surface area contributed by atoms with Gasteiger partial charge in [-0.1, -0.05) is 176 Å². The van der Waals surface area contributed by atoms with Crippen LogP contribution in [0.5, 0.6) is 0 Å². The number of fused-ring (bicyclic) bond motifs is 14. The minimum atomic E-state index is -0.412. The second-order valence-electron chi connectivity index (χ2n) is 14.7. The van der Waals surface area contributed by atoms with Crippen LogP contribution < -0.4 is 0 Å². The SMILES string of the molecule is c1ccc(-c2cc3c4ccccc4c(-c4ccc5c(c4)-c4ccccc4C54c5ccccc5-c5cccc6cccc4c56)cc3c3ccccc23)cc1. The van der Waals surface area contributed by atoms with Gasteiger partial charge in [-0.25, -0.2) is 0 Å². The molecule has 10 aromatic rings. The summed E-state index contributed by atoms with van der Waals surface area (Å²) in [6.07, 6.45) is 0. The average Bonchev–Trinajstić information content (AvgIpc) is 3.52.